The summed E-state index contributed by atoms with van der Waals surface area (Å²) in [4.78, 5) is 0. The molecule has 0 amide bonds. The van der Waals surface area contributed by atoms with Crippen LogP contribution in [0.15, 0.2) is 42.5 Å². The quantitative estimate of drug-likeness (QED) is 0.463. The van der Waals surface area contributed by atoms with E-state index in [0.717, 1.165) is 0 Å². The summed E-state index contributed by atoms with van der Waals surface area (Å²) in [5.74, 6) is 0. The SMILES string of the molecule is CC.CC.CC.CCC.Cc1ccc2ccccc2c1. The largest absolute Gasteiger partial charge is 0.0683 e. The maximum atomic E-state index is 2.20. The van der Waals surface area contributed by atoms with Crippen LogP contribution in [0.4, 0.5) is 0 Å². The zero-order valence-electron chi connectivity index (χ0n) is 15.2. The summed E-state index contributed by atoms with van der Waals surface area (Å²) in [6, 6.07) is 14.9. The average molecular weight is 277 g/mol. The number of hydrogen-bond donors (Lipinski definition) is 0. The smallest absolute Gasteiger partial charge is 0.0181 e. The molecule has 0 saturated heterocycles. The van der Waals surface area contributed by atoms with Crippen molar-refractivity contribution in [3.05, 3.63) is 48.0 Å². The van der Waals surface area contributed by atoms with Crippen molar-refractivity contribution in [2.45, 2.75) is 68.7 Å². The van der Waals surface area contributed by atoms with Crippen LogP contribution in [0.2, 0.25) is 0 Å². The first kappa shape index (κ1) is 23.8. The predicted molar refractivity (Wildman–Crippen MR) is 98.7 cm³/mol. The third-order valence-electron chi connectivity index (χ3n) is 1.90. The van der Waals surface area contributed by atoms with E-state index in [-0.39, 0.29) is 0 Å². The van der Waals surface area contributed by atoms with Crippen molar-refractivity contribution in [2.75, 3.05) is 0 Å². The summed E-state index contributed by atoms with van der Waals surface area (Å²) in [5, 5.41) is 2.64. The molecule has 2 aromatic carbocycles. The lowest BCUT2D eigenvalue weighted by molar-refractivity contribution is 1.09. The van der Waals surface area contributed by atoms with E-state index < -0.39 is 0 Å². The van der Waals surface area contributed by atoms with Gasteiger partial charge in [0.15, 0.2) is 0 Å². The molecule has 0 N–H and O–H groups in total. The third-order valence-corrected chi connectivity index (χ3v) is 1.90. The number of fused-ring (bicyclic) bond motifs is 1. The molecule has 0 radical (unpaired) electrons. The third kappa shape index (κ3) is 11.8. The van der Waals surface area contributed by atoms with E-state index in [1.807, 2.05) is 41.5 Å². The van der Waals surface area contributed by atoms with Gasteiger partial charge in [0.2, 0.25) is 0 Å². The van der Waals surface area contributed by atoms with Crippen LogP contribution in [0.1, 0.15) is 67.4 Å². The molecule has 0 aliphatic rings. The Morgan fingerprint density at radius 3 is 1.50 bits per heavy atom. The molecule has 0 atom stereocenters. The molecule has 2 aromatic rings. The Morgan fingerprint density at radius 1 is 0.650 bits per heavy atom. The normalized spacial score (nSPS) is 7.45. The number of aryl methyl sites for hydroxylation is 1. The van der Waals surface area contributed by atoms with Gasteiger partial charge < -0.3 is 0 Å². The van der Waals surface area contributed by atoms with Crippen molar-refractivity contribution < 1.29 is 0 Å². The van der Waals surface area contributed by atoms with Crippen molar-refractivity contribution in [2.24, 2.45) is 0 Å². The van der Waals surface area contributed by atoms with Gasteiger partial charge in [-0.05, 0) is 17.7 Å². The van der Waals surface area contributed by atoms with E-state index in [9.17, 15) is 0 Å². The van der Waals surface area contributed by atoms with Crippen LogP contribution >= 0.6 is 0 Å². The Bertz CT molecular complexity index is 388. The molecule has 0 spiro atoms. The van der Waals surface area contributed by atoms with E-state index in [4.69, 9.17) is 0 Å². The average Bonchev–Trinajstić information content (AvgIpc) is 2.54. The number of rotatable bonds is 0. The molecule has 20 heavy (non-hydrogen) atoms. The lowest BCUT2D eigenvalue weighted by atomic mass is 10.1. The Labute approximate surface area is 128 Å². The summed E-state index contributed by atoms with van der Waals surface area (Å²) >= 11 is 0. The molecular formula is C20H36. The molecule has 0 heteroatoms. The molecule has 0 fully saturated rings. The van der Waals surface area contributed by atoms with Gasteiger partial charge in [0.1, 0.15) is 0 Å². The highest BCUT2D eigenvalue weighted by Crippen LogP contribution is 2.14. The topological polar surface area (TPSA) is 0 Å². The summed E-state index contributed by atoms with van der Waals surface area (Å²) in [7, 11) is 0. The second kappa shape index (κ2) is 20.0. The molecular weight excluding hydrogens is 240 g/mol. The van der Waals surface area contributed by atoms with Gasteiger partial charge in [-0.2, -0.15) is 0 Å². The van der Waals surface area contributed by atoms with Crippen LogP contribution in [-0.4, -0.2) is 0 Å². The molecule has 2 rings (SSSR count). The standard InChI is InChI=1S/C11H10.C3H8.3C2H6/c1-9-6-7-10-4-2-3-5-11(10)8-9;1-3-2;3*1-2/h2-8H,1H3;3H2,1-2H3;3*1-2H3. The summed E-state index contributed by atoms with van der Waals surface area (Å²) in [6.07, 6.45) is 1.25. The summed E-state index contributed by atoms with van der Waals surface area (Å²) in [5.41, 5.74) is 1.32. The highest BCUT2D eigenvalue weighted by Gasteiger charge is 1.89. The predicted octanol–water partition coefficient (Wildman–Crippen LogP) is 7.64. The summed E-state index contributed by atoms with van der Waals surface area (Å²) in [6.45, 7) is 18.4. The summed E-state index contributed by atoms with van der Waals surface area (Å²) < 4.78 is 0. The monoisotopic (exact) mass is 276 g/mol. The second-order valence-corrected chi connectivity index (χ2v) is 3.56. The number of hydrogen-bond acceptors (Lipinski definition) is 0. The van der Waals surface area contributed by atoms with E-state index in [1.54, 1.807) is 0 Å². The van der Waals surface area contributed by atoms with Crippen LogP contribution in [-0.2, 0) is 0 Å². The minimum Gasteiger partial charge on any atom is -0.0683 e. The Balaban J connectivity index is -0.000000275. The first-order chi connectivity index (χ1) is 9.77. The van der Waals surface area contributed by atoms with Crippen LogP contribution in [0.25, 0.3) is 10.8 Å². The van der Waals surface area contributed by atoms with Crippen LogP contribution in [0.3, 0.4) is 0 Å². The van der Waals surface area contributed by atoms with Gasteiger partial charge in [-0.15, -0.1) is 0 Å². The van der Waals surface area contributed by atoms with Gasteiger partial charge in [-0.3, -0.25) is 0 Å². The van der Waals surface area contributed by atoms with Gasteiger partial charge in [-0.1, -0.05) is 110 Å². The molecule has 0 aliphatic heterocycles. The lowest BCUT2D eigenvalue weighted by Gasteiger charge is -1.96. The Kier molecular flexibility index (Phi) is 23.8. The molecule has 0 nitrogen and oxygen atoms in total. The molecule has 0 saturated carbocycles. The molecule has 0 heterocycles. The van der Waals surface area contributed by atoms with E-state index in [0.29, 0.717) is 0 Å². The second-order valence-electron chi connectivity index (χ2n) is 3.56. The minimum absolute atomic E-state index is 1.25. The van der Waals surface area contributed by atoms with E-state index in [2.05, 4.69) is 63.2 Å². The maximum Gasteiger partial charge on any atom is -0.0181 e. The van der Waals surface area contributed by atoms with Gasteiger partial charge in [0.05, 0.1) is 0 Å². The van der Waals surface area contributed by atoms with Gasteiger partial charge in [0.25, 0.3) is 0 Å². The molecule has 0 bridgehead atoms. The van der Waals surface area contributed by atoms with Crippen LogP contribution in [0, 0.1) is 6.92 Å². The van der Waals surface area contributed by atoms with E-state index >= 15 is 0 Å². The number of benzene rings is 2. The first-order valence-electron chi connectivity index (χ1n) is 8.23. The fraction of sp³-hybridized carbons (Fsp3) is 0.500. The maximum absolute atomic E-state index is 2.20. The van der Waals surface area contributed by atoms with Crippen molar-refractivity contribution in [3.8, 4) is 0 Å². The molecule has 0 aromatic heterocycles. The molecule has 0 unspecified atom stereocenters. The highest BCUT2D eigenvalue weighted by atomic mass is 13.9. The van der Waals surface area contributed by atoms with Gasteiger partial charge in [0, 0.05) is 0 Å². The van der Waals surface area contributed by atoms with Crippen molar-refractivity contribution in [1.29, 1.82) is 0 Å². The van der Waals surface area contributed by atoms with Crippen LogP contribution in [0.5, 0.6) is 0 Å². The van der Waals surface area contributed by atoms with Crippen molar-refractivity contribution >= 4 is 10.8 Å². The lowest BCUT2D eigenvalue weighted by Crippen LogP contribution is -1.73. The highest BCUT2D eigenvalue weighted by molar-refractivity contribution is 5.82. The van der Waals surface area contributed by atoms with Crippen molar-refractivity contribution in [1.82, 2.24) is 0 Å². The Morgan fingerprint density at radius 2 is 1.05 bits per heavy atom. The minimum atomic E-state index is 1.25. The zero-order chi connectivity index (χ0) is 16.4. The zero-order valence-corrected chi connectivity index (χ0v) is 15.2. The van der Waals surface area contributed by atoms with Crippen LogP contribution < -0.4 is 0 Å². The first-order valence-corrected chi connectivity index (χ1v) is 8.23. The van der Waals surface area contributed by atoms with Crippen molar-refractivity contribution in [3.63, 3.8) is 0 Å². The van der Waals surface area contributed by atoms with Gasteiger partial charge in [-0.25, -0.2) is 0 Å². The van der Waals surface area contributed by atoms with E-state index in [1.165, 1.54) is 22.8 Å². The fourth-order valence-corrected chi connectivity index (χ4v) is 1.31. The molecule has 0 aliphatic carbocycles. The van der Waals surface area contributed by atoms with Gasteiger partial charge >= 0.3 is 0 Å². The Hall–Kier alpha value is -1.30. The molecule has 116 valence electrons. The fourth-order valence-electron chi connectivity index (χ4n) is 1.31.